The number of benzene rings is 2. The fourth-order valence-corrected chi connectivity index (χ4v) is 1.95. The molecule has 0 bridgehead atoms. The molecule has 0 radical (unpaired) electrons. The first kappa shape index (κ1) is 13.4. The fourth-order valence-electron chi connectivity index (χ4n) is 1.95. The lowest BCUT2D eigenvalue weighted by Crippen LogP contribution is -2.00. The summed E-state index contributed by atoms with van der Waals surface area (Å²) in [5.74, 6) is 0.805. The molecule has 0 saturated carbocycles. The molecule has 0 aliphatic carbocycles. The molecule has 2 rings (SSSR count). The van der Waals surface area contributed by atoms with E-state index in [1.54, 1.807) is 0 Å². The minimum Gasteiger partial charge on any atom is -0.494 e. The van der Waals surface area contributed by atoms with Crippen LogP contribution in [0, 0.1) is 0 Å². The molecule has 2 aromatic carbocycles. The number of aliphatic hydroxyl groups excluding tert-OH is 1. The zero-order valence-corrected chi connectivity index (χ0v) is 10.9. The molecular weight excluding hydrogens is 238 g/mol. The Kier molecular flexibility index (Phi) is 4.81. The molecule has 100 valence electrons. The zero-order chi connectivity index (χ0) is 13.5. The molecule has 0 aliphatic rings. The van der Waals surface area contributed by atoms with Crippen molar-refractivity contribution < 1.29 is 9.84 Å². The van der Waals surface area contributed by atoms with Crippen LogP contribution in [0.3, 0.4) is 0 Å². The predicted molar refractivity (Wildman–Crippen MR) is 77.0 cm³/mol. The summed E-state index contributed by atoms with van der Waals surface area (Å²) in [4.78, 5) is 0. The molecule has 0 unspecified atom stereocenters. The van der Waals surface area contributed by atoms with Crippen molar-refractivity contribution in [2.45, 2.75) is 19.4 Å². The number of hydrogen-bond donors (Lipinski definition) is 2. The van der Waals surface area contributed by atoms with Gasteiger partial charge in [-0.25, -0.2) is 0 Å². The van der Waals surface area contributed by atoms with Crippen LogP contribution in [0.2, 0.25) is 0 Å². The van der Waals surface area contributed by atoms with Crippen LogP contribution >= 0.6 is 0 Å². The lowest BCUT2D eigenvalue weighted by Gasteiger charge is -2.07. The molecule has 0 aliphatic heterocycles. The standard InChI is InChI=1S/C16H19NO2/c17-15-7-1-4-13(10-15)6-3-9-19-16-8-2-5-14(11-16)12-18/h1-2,4-5,7-8,10-11,18H,3,6,9,12,17H2. The smallest absolute Gasteiger partial charge is 0.119 e. The van der Waals surface area contributed by atoms with Gasteiger partial charge in [0.1, 0.15) is 5.75 Å². The number of nitrogens with two attached hydrogens (primary N) is 1. The summed E-state index contributed by atoms with van der Waals surface area (Å²) in [5, 5.41) is 9.04. The van der Waals surface area contributed by atoms with E-state index >= 15 is 0 Å². The normalized spacial score (nSPS) is 10.4. The minimum absolute atomic E-state index is 0.0422. The van der Waals surface area contributed by atoms with Gasteiger partial charge in [-0.2, -0.15) is 0 Å². The molecular formula is C16H19NO2. The molecule has 2 aromatic rings. The van der Waals surface area contributed by atoms with E-state index in [0.717, 1.165) is 29.8 Å². The van der Waals surface area contributed by atoms with Crippen LogP contribution in [0.25, 0.3) is 0 Å². The van der Waals surface area contributed by atoms with Crippen molar-refractivity contribution in [3.05, 3.63) is 59.7 Å². The Hall–Kier alpha value is -2.00. The third kappa shape index (κ3) is 4.30. The highest BCUT2D eigenvalue weighted by molar-refractivity contribution is 5.40. The second-order valence-corrected chi connectivity index (χ2v) is 4.50. The first-order chi connectivity index (χ1) is 9.28. The average Bonchev–Trinajstić information content (AvgIpc) is 2.44. The largest absolute Gasteiger partial charge is 0.494 e. The maximum absolute atomic E-state index is 9.04. The summed E-state index contributed by atoms with van der Waals surface area (Å²) in [6, 6.07) is 15.4. The topological polar surface area (TPSA) is 55.5 Å². The number of aliphatic hydroxyl groups is 1. The van der Waals surface area contributed by atoms with Gasteiger partial charge < -0.3 is 15.6 Å². The van der Waals surface area contributed by atoms with Crippen molar-refractivity contribution in [1.82, 2.24) is 0 Å². The van der Waals surface area contributed by atoms with Gasteiger partial charge in [-0.15, -0.1) is 0 Å². The highest BCUT2D eigenvalue weighted by Crippen LogP contribution is 2.14. The number of nitrogen functional groups attached to an aromatic ring is 1. The lowest BCUT2D eigenvalue weighted by molar-refractivity contribution is 0.278. The van der Waals surface area contributed by atoms with Gasteiger partial charge in [0.2, 0.25) is 0 Å². The number of hydrogen-bond acceptors (Lipinski definition) is 3. The second-order valence-electron chi connectivity index (χ2n) is 4.50. The number of aryl methyl sites for hydroxylation is 1. The number of anilines is 1. The molecule has 0 heterocycles. The summed E-state index contributed by atoms with van der Waals surface area (Å²) >= 11 is 0. The van der Waals surface area contributed by atoms with E-state index in [1.165, 1.54) is 5.56 Å². The third-order valence-electron chi connectivity index (χ3n) is 2.91. The van der Waals surface area contributed by atoms with Crippen LogP contribution < -0.4 is 10.5 Å². The summed E-state index contributed by atoms with van der Waals surface area (Å²) < 4.78 is 5.66. The zero-order valence-electron chi connectivity index (χ0n) is 10.9. The molecule has 0 amide bonds. The minimum atomic E-state index is 0.0422. The Balaban J connectivity index is 1.77. The van der Waals surface area contributed by atoms with Crippen LogP contribution in [0.15, 0.2) is 48.5 Å². The summed E-state index contributed by atoms with van der Waals surface area (Å²) in [6.45, 7) is 0.699. The Morgan fingerprint density at radius 3 is 2.58 bits per heavy atom. The van der Waals surface area contributed by atoms with Gasteiger partial charge in [0.25, 0.3) is 0 Å². The lowest BCUT2D eigenvalue weighted by atomic mass is 10.1. The van der Waals surface area contributed by atoms with Crippen LogP contribution in [0.5, 0.6) is 5.75 Å². The highest BCUT2D eigenvalue weighted by atomic mass is 16.5. The van der Waals surface area contributed by atoms with E-state index in [4.69, 9.17) is 15.6 Å². The van der Waals surface area contributed by atoms with Crippen LogP contribution in [-0.2, 0) is 13.0 Å². The van der Waals surface area contributed by atoms with E-state index in [0.29, 0.717) is 6.61 Å². The molecule has 19 heavy (non-hydrogen) atoms. The molecule has 3 nitrogen and oxygen atoms in total. The first-order valence-electron chi connectivity index (χ1n) is 6.45. The molecule has 0 atom stereocenters. The van der Waals surface area contributed by atoms with Crippen LogP contribution in [-0.4, -0.2) is 11.7 Å². The van der Waals surface area contributed by atoms with E-state index in [2.05, 4.69) is 6.07 Å². The first-order valence-corrected chi connectivity index (χ1v) is 6.45. The van der Waals surface area contributed by atoms with Crippen molar-refractivity contribution in [3.63, 3.8) is 0 Å². The number of rotatable bonds is 6. The Bertz CT molecular complexity index is 526. The molecule has 0 spiro atoms. The summed E-state index contributed by atoms with van der Waals surface area (Å²) in [7, 11) is 0. The monoisotopic (exact) mass is 257 g/mol. The third-order valence-corrected chi connectivity index (χ3v) is 2.91. The van der Waals surface area contributed by atoms with Crippen molar-refractivity contribution in [2.24, 2.45) is 0 Å². The second kappa shape index (κ2) is 6.81. The Morgan fingerprint density at radius 1 is 1.00 bits per heavy atom. The molecule has 3 heteroatoms. The molecule has 0 saturated heterocycles. The predicted octanol–water partition coefficient (Wildman–Crippen LogP) is 2.77. The van der Waals surface area contributed by atoms with Gasteiger partial charge in [-0.1, -0.05) is 24.3 Å². The van der Waals surface area contributed by atoms with Gasteiger partial charge in [0.15, 0.2) is 0 Å². The van der Waals surface area contributed by atoms with Crippen molar-refractivity contribution >= 4 is 5.69 Å². The molecule has 0 aromatic heterocycles. The van der Waals surface area contributed by atoms with E-state index in [1.807, 2.05) is 42.5 Å². The van der Waals surface area contributed by atoms with Gasteiger partial charge in [-0.3, -0.25) is 0 Å². The molecule has 0 fully saturated rings. The van der Waals surface area contributed by atoms with E-state index in [9.17, 15) is 0 Å². The quantitative estimate of drug-likeness (QED) is 0.618. The van der Waals surface area contributed by atoms with Gasteiger partial charge in [0.05, 0.1) is 13.2 Å². The number of ether oxygens (including phenoxy) is 1. The van der Waals surface area contributed by atoms with Crippen LogP contribution in [0.1, 0.15) is 17.5 Å². The SMILES string of the molecule is Nc1cccc(CCCOc2cccc(CO)c2)c1. The van der Waals surface area contributed by atoms with Gasteiger partial charge in [-0.05, 0) is 48.2 Å². The Morgan fingerprint density at radius 2 is 1.79 bits per heavy atom. The fraction of sp³-hybridized carbons (Fsp3) is 0.250. The van der Waals surface area contributed by atoms with Crippen molar-refractivity contribution in [1.29, 1.82) is 0 Å². The Labute approximate surface area is 113 Å². The average molecular weight is 257 g/mol. The van der Waals surface area contributed by atoms with Crippen LogP contribution in [0.4, 0.5) is 5.69 Å². The van der Waals surface area contributed by atoms with E-state index < -0.39 is 0 Å². The van der Waals surface area contributed by atoms with Crippen molar-refractivity contribution in [2.75, 3.05) is 12.3 Å². The molecule has 3 N–H and O–H groups in total. The summed E-state index contributed by atoms with van der Waals surface area (Å²) in [5.41, 5.74) is 8.63. The summed E-state index contributed by atoms with van der Waals surface area (Å²) in [6.07, 6.45) is 1.89. The van der Waals surface area contributed by atoms with Crippen molar-refractivity contribution in [3.8, 4) is 5.75 Å². The maximum Gasteiger partial charge on any atom is 0.119 e. The highest BCUT2D eigenvalue weighted by Gasteiger charge is 1.97. The van der Waals surface area contributed by atoms with Gasteiger partial charge in [0, 0.05) is 5.69 Å². The van der Waals surface area contributed by atoms with E-state index in [-0.39, 0.29) is 6.61 Å². The van der Waals surface area contributed by atoms with Gasteiger partial charge >= 0.3 is 0 Å². The maximum atomic E-state index is 9.04.